The molecule has 1 saturated heterocycles. The first-order valence-corrected chi connectivity index (χ1v) is 7.66. The van der Waals surface area contributed by atoms with Gasteiger partial charge < -0.3 is 20.6 Å². The molecule has 3 N–H and O–H groups in total. The predicted octanol–water partition coefficient (Wildman–Crippen LogP) is 1.37. The van der Waals surface area contributed by atoms with Gasteiger partial charge in [-0.15, -0.1) is 0 Å². The maximum atomic E-state index is 11.8. The monoisotopic (exact) mass is 299 g/mol. The van der Waals surface area contributed by atoms with Crippen LogP contribution in [0.4, 0.5) is 4.79 Å². The Bertz CT molecular complexity index is 363. The Morgan fingerprint density at radius 1 is 1.24 bits per heavy atom. The third-order valence-electron chi connectivity index (χ3n) is 4.47. The van der Waals surface area contributed by atoms with E-state index < -0.39 is 11.9 Å². The van der Waals surface area contributed by atoms with Crippen LogP contribution in [0.1, 0.15) is 33.6 Å². The molecule has 0 bridgehead atoms. The summed E-state index contributed by atoms with van der Waals surface area (Å²) >= 11 is 0. The van der Waals surface area contributed by atoms with Gasteiger partial charge in [0.15, 0.2) is 0 Å². The fraction of sp³-hybridized carbons (Fsp3) is 0.867. The zero-order valence-electron chi connectivity index (χ0n) is 13.6. The van der Waals surface area contributed by atoms with Gasteiger partial charge in [0.1, 0.15) is 0 Å². The van der Waals surface area contributed by atoms with Gasteiger partial charge in [0.2, 0.25) is 0 Å². The first-order valence-electron chi connectivity index (χ1n) is 7.66. The first kappa shape index (κ1) is 17.8. The normalized spacial score (nSPS) is 20.0. The van der Waals surface area contributed by atoms with E-state index in [0.717, 1.165) is 25.9 Å². The molecule has 0 aromatic heterocycles. The average molecular weight is 299 g/mol. The van der Waals surface area contributed by atoms with Crippen LogP contribution < -0.4 is 10.6 Å². The van der Waals surface area contributed by atoms with Crippen molar-refractivity contribution in [2.45, 2.75) is 33.6 Å². The van der Waals surface area contributed by atoms with E-state index >= 15 is 0 Å². The molecule has 0 aromatic rings. The number of carboxylic acids is 1. The van der Waals surface area contributed by atoms with E-state index in [9.17, 15) is 9.59 Å². The molecule has 1 unspecified atom stereocenters. The molecule has 0 aromatic carbocycles. The zero-order valence-corrected chi connectivity index (χ0v) is 13.6. The molecule has 21 heavy (non-hydrogen) atoms. The summed E-state index contributed by atoms with van der Waals surface area (Å²) in [6, 6.07) is -0.276. The highest BCUT2D eigenvalue weighted by Gasteiger charge is 2.29. The Hall–Kier alpha value is -1.30. The molecule has 0 spiro atoms. The lowest BCUT2D eigenvalue weighted by Gasteiger charge is -2.37. The Morgan fingerprint density at radius 3 is 2.29 bits per heavy atom. The van der Waals surface area contributed by atoms with Gasteiger partial charge in [-0.2, -0.15) is 0 Å². The van der Waals surface area contributed by atoms with Crippen molar-refractivity contribution in [3.8, 4) is 0 Å². The fourth-order valence-electron chi connectivity index (χ4n) is 2.50. The summed E-state index contributed by atoms with van der Waals surface area (Å²) < 4.78 is 0. The number of carbonyl (C=O) groups excluding carboxylic acids is 1. The van der Waals surface area contributed by atoms with Gasteiger partial charge in [-0.1, -0.05) is 20.8 Å². The smallest absolute Gasteiger partial charge is 0.314 e. The van der Waals surface area contributed by atoms with Crippen LogP contribution in [0.5, 0.6) is 0 Å². The van der Waals surface area contributed by atoms with Crippen LogP contribution in [0.15, 0.2) is 0 Å². The summed E-state index contributed by atoms with van der Waals surface area (Å²) in [5.41, 5.74) is 0.133. The molecule has 1 fully saturated rings. The number of carbonyl (C=O) groups is 2. The number of hydrogen-bond acceptors (Lipinski definition) is 3. The molecule has 0 aliphatic carbocycles. The number of nitrogens with zero attached hydrogens (tertiary/aromatic N) is 1. The van der Waals surface area contributed by atoms with E-state index in [1.807, 2.05) is 13.8 Å². The second-order valence-corrected chi connectivity index (χ2v) is 6.87. The Morgan fingerprint density at radius 2 is 1.81 bits per heavy atom. The molecule has 0 saturated carbocycles. The summed E-state index contributed by atoms with van der Waals surface area (Å²) in [6.45, 7) is 8.77. The minimum absolute atomic E-state index is 0.00537. The lowest BCUT2D eigenvalue weighted by Crippen LogP contribution is -2.47. The lowest BCUT2D eigenvalue weighted by molar-refractivity contribution is -0.142. The molecule has 2 amide bonds. The van der Waals surface area contributed by atoms with E-state index in [2.05, 4.69) is 29.5 Å². The molecule has 122 valence electrons. The minimum atomic E-state index is -0.868. The van der Waals surface area contributed by atoms with Crippen molar-refractivity contribution < 1.29 is 14.7 Å². The van der Waals surface area contributed by atoms with Crippen molar-refractivity contribution in [3.63, 3.8) is 0 Å². The summed E-state index contributed by atoms with van der Waals surface area (Å²) in [5.74, 6) is -1.42. The van der Waals surface area contributed by atoms with E-state index in [0.29, 0.717) is 6.54 Å². The van der Waals surface area contributed by atoms with Gasteiger partial charge in [-0.25, -0.2) is 4.79 Å². The molecule has 0 radical (unpaired) electrons. The quantitative estimate of drug-likeness (QED) is 0.692. The molecule has 6 nitrogen and oxygen atoms in total. The van der Waals surface area contributed by atoms with Crippen LogP contribution in [-0.4, -0.2) is 55.2 Å². The van der Waals surface area contributed by atoms with Gasteiger partial charge in [0, 0.05) is 13.1 Å². The van der Waals surface area contributed by atoms with Crippen molar-refractivity contribution in [1.82, 2.24) is 15.5 Å². The number of piperidine rings is 1. The largest absolute Gasteiger partial charge is 0.481 e. The Labute approximate surface area is 127 Å². The van der Waals surface area contributed by atoms with Gasteiger partial charge in [-0.05, 0) is 44.3 Å². The van der Waals surface area contributed by atoms with Crippen LogP contribution in [0.25, 0.3) is 0 Å². The number of urea groups is 1. The molecule has 1 aliphatic heterocycles. The number of aliphatic carboxylic acids is 1. The Balaban J connectivity index is 2.32. The van der Waals surface area contributed by atoms with Gasteiger partial charge in [0.05, 0.1) is 5.92 Å². The van der Waals surface area contributed by atoms with Crippen molar-refractivity contribution >= 4 is 12.0 Å². The number of amides is 2. The molecule has 1 rings (SSSR count). The molecule has 1 aliphatic rings. The minimum Gasteiger partial charge on any atom is -0.481 e. The highest BCUT2D eigenvalue weighted by Crippen LogP contribution is 2.29. The summed E-state index contributed by atoms with van der Waals surface area (Å²) in [5, 5.41) is 14.6. The highest BCUT2D eigenvalue weighted by atomic mass is 16.4. The SMILES string of the molecule is CC(C)C(CNC(=O)NCC1(C)CCN(C)CC1)C(=O)O. The molecule has 6 heteroatoms. The number of rotatable bonds is 6. The standard InChI is InChI=1S/C15H29N3O3/c1-11(2)12(13(19)20)9-16-14(21)17-10-15(3)5-7-18(4)8-6-15/h11-12H,5-10H2,1-4H3,(H,19,20)(H2,16,17,21). The third-order valence-corrected chi connectivity index (χ3v) is 4.47. The average Bonchev–Trinajstić information content (AvgIpc) is 2.40. The molecule has 1 atom stereocenters. The van der Waals surface area contributed by atoms with E-state index in [1.165, 1.54) is 0 Å². The van der Waals surface area contributed by atoms with Crippen molar-refractivity contribution in [1.29, 1.82) is 0 Å². The summed E-state index contributed by atoms with van der Waals surface area (Å²) in [6.07, 6.45) is 2.13. The third kappa shape index (κ3) is 5.91. The predicted molar refractivity (Wildman–Crippen MR) is 82.2 cm³/mol. The van der Waals surface area contributed by atoms with Crippen LogP contribution in [-0.2, 0) is 4.79 Å². The topological polar surface area (TPSA) is 81.7 Å². The first-order chi connectivity index (χ1) is 9.73. The van der Waals surface area contributed by atoms with Gasteiger partial charge >= 0.3 is 12.0 Å². The fourth-order valence-corrected chi connectivity index (χ4v) is 2.50. The van der Waals surface area contributed by atoms with Crippen molar-refractivity contribution in [2.75, 3.05) is 33.2 Å². The maximum absolute atomic E-state index is 11.8. The molecule has 1 heterocycles. The van der Waals surface area contributed by atoms with Gasteiger partial charge in [0.25, 0.3) is 0 Å². The number of likely N-dealkylation sites (tertiary alicyclic amines) is 1. The zero-order chi connectivity index (χ0) is 16.0. The lowest BCUT2D eigenvalue weighted by atomic mass is 9.80. The van der Waals surface area contributed by atoms with Crippen molar-refractivity contribution in [2.24, 2.45) is 17.3 Å². The van der Waals surface area contributed by atoms with Crippen molar-refractivity contribution in [3.05, 3.63) is 0 Å². The van der Waals surface area contributed by atoms with E-state index in [4.69, 9.17) is 5.11 Å². The van der Waals surface area contributed by atoms with Crippen LogP contribution >= 0.6 is 0 Å². The Kier molecular flexibility index (Phi) is 6.45. The summed E-state index contributed by atoms with van der Waals surface area (Å²) in [7, 11) is 2.11. The second kappa shape index (κ2) is 7.64. The summed E-state index contributed by atoms with van der Waals surface area (Å²) in [4.78, 5) is 25.2. The second-order valence-electron chi connectivity index (χ2n) is 6.87. The molecular formula is C15H29N3O3. The molecular weight excluding hydrogens is 270 g/mol. The maximum Gasteiger partial charge on any atom is 0.314 e. The van der Waals surface area contributed by atoms with Crippen LogP contribution in [0.3, 0.4) is 0 Å². The van der Waals surface area contributed by atoms with Crippen LogP contribution in [0, 0.1) is 17.3 Å². The van der Waals surface area contributed by atoms with Crippen LogP contribution in [0.2, 0.25) is 0 Å². The highest BCUT2D eigenvalue weighted by molar-refractivity contribution is 5.75. The van der Waals surface area contributed by atoms with E-state index in [1.54, 1.807) is 0 Å². The number of nitrogens with one attached hydrogen (secondary N) is 2. The van der Waals surface area contributed by atoms with E-state index in [-0.39, 0.29) is 23.9 Å². The number of hydrogen-bond donors (Lipinski definition) is 3. The van der Waals surface area contributed by atoms with Gasteiger partial charge in [-0.3, -0.25) is 4.79 Å². The number of carboxylic acid groups (broad SMARTS) is 1.